The van der Waals surface area contributed by atoms with Gasteiger partial charge in [-0.3, -0.25) is 13.8 Å². The second-order valence-electron chi connectivity index (χ2n) is 29.5. The summed E-state index contributed by atoms with van der Waals surface area (Å²) in [4.78, 5) is 23.5. The van der Waals surface area contributed by atoms with Crippen LogP contribution in [0, 0.1) is 0 Å². The number of nitrogens with zero attached hydrogens (tertiary/aromatic N) is 1. The lowest BCUT2D eigenvalue weighted by atomic mass is 10.0. The van der Waals surface area contributed by atoms with Gasteiger partial charge in [-0.25, -0.2) is 4.57 Å². The molecule has 92 heavy (non-hydrogen) atoms. The number of carbonyl (C=O) groups is 1. The van der Waals surface area contributed by atoms with Gasteiger partial charge in [0.25, 0.3) is 0 Å². The van der Waals surface area contributed by atoms with Gasteiger partial charge in [-0.2, -0.15) is 0 Å². The van der Waals surface area contributed by atoms with Crippen molar-refractivity contribution in [2.24, 2.45) is 0 Å². The van der Waals surface area contributed by atoms with Gasteiger partial charge in [0.2, 0.25) is 5.91 Å². The van der Waals surface area contributed by atoms with Crippen molar-refractivity contribution >= 4 is 13.7 Å². The highest BCUT2D eigenvalue weighted by atomic mass is 31.2. The second-order valence-corrected chi connectivity index (χ2v) is 30.9. The van der Waals surface area contributed by atoms with Crippen LogP contribution in [0.5, 0.6) is 0 Å². The first-order valence-corrected chi connectivity index (χ1v) is 42.5. The number of amides is 1. The van der Waals surface area contributed by atoms with Gasteiger partial charge in [-0.1, -0.05) is 396 Å². The van der Waals surface area contributed by atoms with Gasteiger partial charge in [-0.15, -0.1) is 0 Å². The topological polar surface area (TPSA) is 105 Å². The predicted octanol–water partition coefficient (Wildman–Crippen LogP) is 26.9. The number of phosphoric acid groups is 1. The first-order chi connectivity index (χ1) is 45.0. The number of phosphoric ester groups is 1. The van der Waals surface area contributed by atoms with Gasteiger partial charge >= 0.3 is 7.82 Å². The number of quaternary nitrogens is 1. The summed E-state index contributed by atoms with van der Waals surface area (Å²) in [5.41, 5.74) is 0. The molecule has 0 radical (unpaired) electrons. The smallest absolute Gasteiger partial charge is 0.387 e. The van der Waals surface area contributed by atoms with Crippen LogP contribution in [-0.2, 0) is 18.4 Å². The van der Waals surface area contributed by atoms with Crippen molar-refractivity contribution in [3.05, 3.63) is 48.6 Å². The van der Waals surface area contributed by atoms with Gasteiger partial charge in [0, 0.05) is 6.42 Å². The molecular formula is C83H162N2O6P+. The summed E-state index contributed by atoms with van der Waals surface area (Å²) in [6, 6.07) is -0.871. The Hall–Kier alpha value is -1.54. The summed E-state index contributed by atoms with van der Waals surface area (Å²) < 4.78 is 23.9. The van der Waals surface area contributed by atoms with Crippen LogP contribution in [0.3, 0.4) is 0 Å². The standard InChI is InChI=1S/C83H161N2O6P/c1-6-8-10-12-14-16-18-20-22-24-26-28-30-32-34-36-38-39-40-41-42-43-44-45-47-49-51-53-55-57-59-61-63-65-67-69-71-73-75-77-83(87)84-81(80-91-92(88,89)90-79-78-85(3,4)5)82(86)76-74-72-70-68-66-64-62-60-58-56-54-52-50-48-46-37-35-33-31-29-27-25-23-21-19-17-15-13-11-9-7-2/h24,26,58,60,66,68,74,76,81-82,86H,6-23,25,27-57,59,61-65,67,69-73,75,77-80H2,1-5H3,(H-,84,87,88,89)/p+1/b26-24-,60-58+,68-66+,76-74+. The second kappa shape index (κ2) is 73.7. The number of rotatable bonds is 77. The molecule has 1 amide bonds. The number of hydrogen-bond acceptors (Lipinski definition) is 5. The highest BCUT2D eigenvalue weighted by molar-refractivity contribution is 7.47. The molecule has 0 aliphatic rings. The molecule has 9 heteroatoms. The number of nitrogens with one attached hydrogen (secondary N) is 1. The first-order valence-electron chi connectivity index (χ1n) is 41.0. The molecular weight excluding hydrogens is 1150 g/mol. The molecule has 0 saturated heterocycles. The van der Waals surface area contributed by atoms with E-state index in [1.165, 1.54) is 360 Å². The summed E-state index contributed by atoms with van der Waals surface area (Å²) in [6.07, 6.45) is 102. The summed E-state index contributed by atoms with van der Waals surface area (Å²) in [5, 5.41) is 14.0. The van der Waals surface area contributed by atoms with Crippen LogP contribution in [0.1, 0.15) is 425 Å². The number of allylic oxidation sites excluding steroid dienone is 7. The SMILES string of the molecule is CCCCCCCCCC/C=C\CCCCCCCCCCCCCCCCCCCCCCCCCCCCCC(=O)NC(COP(=O)(O)OCC[N+](C)(C)C)C(O)/C=C/CC/C=C/CC/C=C/CCCCCCCCCCCCCCCCCCCCCCC. The Balaban J connectivity index is 3.97. The lowest BCUT2D eigenvalue weighted by Crippen LogP contribution is -2.45. The molecule has 3 unspecified atom stereocenters. The lowest BCUT2D eigenvalue weighted by Gasteiger charge is -2.25. The summed E-state index contributed by atoms with van der Waals surface area (Å²) in [6.45, 7) is 4.85. The Kier molecular flexibility index (Phi) is 72.5. The van der Waals surface area contributed by atoms with Crippen LogP contribution < -0.4 is 5.32 Å². The maximum atomic E-state index is 13.1. The van der Waals surface area contributed by atoms with Crippen LogP contribution in [0.4, 0.5) is 0 Å². The van der Waals surface area contributed by atoms with E-state index < -0.39 is 20.0 Å². The largest absolute Gasteiger partial charge is 0.472 e. The molecule has 0 aromatic heterocycles. The maximum absolute atomic E-state index is 13.1. The molecule has 3 atom stereocenters. The van der Waals surface area contributed by atoms with Gasteiger partial charge in [0.15, 0.2) is 0 Å². The molecule has 0 aromatic rings. The minimum Gasteiger partial charge on any atom is -0.387 e. The zero-order valence-electron chi connectivity index (χ0n) is 62.6. The quantitative estimate of drug-likeness (QED) is 0.0243. The third kappa shape index (κ3) is 75.8. The third-order valence-electron chi connectivity index (χ3n) is 19.0. The molecule has 544 valence electrons. The van der Waals surface area contributed by atoms with Crippen molar-refractivity contribution in [2.75, 3.05) is 40.9 Å². The summed E-state index contributed by atoms with van der Waals surface area (Å²) >= 11 is 0. The van der Waals surface area contributed by atoms with Crippen molar-refractivity contribution in [1.82, 2.24) is 5.32 Å². The number of hydrogen-bond donors (Lipinski definition) is 3. The van der Waals surface area contributed by atoms with Gasteiger partial charge in [-0.05, 0) is 70.6 Å². The zero-order valence-corrected chi connectivity index (χ0v) is 63.5. The van der Waals surface area contributed by atoms with Gasteiger partial charge < -0.3 is 19.8 Å². The molecule has 0 aliphatic heterocycles. The van der Waals surface area contributed by atoms with Crippen molar-refractivity contribution < 1.29 is 32.9 Å². The van der Waals surface area contributed by atoms with Crippen LogP contribution in [0.25, 0.3) is 0 Å². The molecule has 0 aromatic carbocycles. The number of unbranched alkanes of at least 4 members (excludes halogenated alkanes) is 58. The van der Waals surface area contributed by atoms with Crippen LogP contribution in [-0.4, -0.2) is 73.4 Å². The van der Waals surface area contributed by atoms with Crippen molar-refractivity contribution in [3.63, 3.8) is 0 Å². The first kappa shape index (κ1) is 90.5. The van der Waals surface area contributed by atoms with Gasteiger partial charge in [0.1, 0.15) is 13.2 Å². The number of carbonyl (C=O) groups excluding carboxylic acids is 1. The normalized spacial score (nSPS) is 13.7. The van der Waals surface area contributed by atoms with E-state index in [-0.39, 0.29) is 19.1 Å². The molecule has 0 rings (SSSR count). The van der Waals surface area contributed by atoms with E-state index in [1.54, 1.807) is 6.08 Å². The molecule has 0 heterocycles. The predicted molar refractivity (Wildman–Crippen MR) is 406 cm³/mol. The number of aliphatic hydroxyl groups excluding tert-OH is 1. The Bertz CT molecular complexity index is 1640. The maximum Gasteiger partial charge on any atom is 0.472 e. The highest BCUT2D eigenvalue weighted by Crippen LogP contribution is 2.43. The van der Waals surface area contributed by atoms with E-state index in [0.29, 0.717) is 17.4 Å². The fraction of sp³-hybridized carbons (Fsp3) is 0.892. The molecule has 0 fully saturated rings. The fourth-order valence-corrected chi connectivity index (χ4v) is 13.4. The average molecular weight is 1320 g/mol. The minimum atomic E-state index is -4.37. The van der Waals surface area contributed by atoms with E-state index in [2.05, 4.69) is 55.6 Å². The van der Waals surface area contributed by atoms with Gasteiger partial charge in [0.05, 0.1) is 39.9 Å². The van der Waals surface area contributed by atoms with Crippen molar-refractivity contribution in [1.29, 1.82) is 0 Å². The molecule has 0 saturated carbocycles. The molecule has 8 nitrogen and oxygen atoms in total. The molecule has 0 bridgehead atoms. The van der Waals surface area contributed by atoms with E-state index in [1.807, 2.05) is 27.2 Å². The summed E-state index contributed by atoms with van der Waals surface area (Å²) in [5.74, 6) is -0.182. The zero-order chi connectivity index (χ0) is 66.9. The Morgan fingerprint density at radius 2 is 0.598 bits per heavy atom. The molecule has 0 aliphatic carbocycles. The van der Waals surface area contributed by atoms with E-state index in [4.69, 9.17) is 9.05 Å². The fourth-order valence-electron chi connectivity index (χ4n) is 12.7. The van der Waals surface area contributed by atoms with Crippen LogP contribution >= 0.6 is 7.82 Å². The Morgan fingerprint density at radius 3 is 0.870 bits per heavy atom. The monoisotopic (exact) mass is 1310 g/mol. The van der Waals surface area contributed by atoms with E-state index in [0.717, 1.165) is 44.9 Å². The average Bonchev–Trinajstić information content (AvgIpc) is 2.63. The van der Waals surface area contributed by atoms with Crippen LogP contribution in [0.2, 0.25) is 0 Å². The minimum absolute atomic E-state index is 0.0549. The Labute approximate surface area is 575 Å². The number of likely N-dealkylation sites (N-methyl/N-ethyl adjacent to an activating group) is 1. The summed E-state index contributed by atoms with van der Waals surface area (Å²) in [7, 11) is 1.56. The highest BCUT2D eigenvalue weighted by Gasteiger charge is 2.28. The Morgan fingerprint density at radius 1 is 0.359 bits per heavy atom. The van der Waals surface area contributed by atoms with Crippen molar-refractivity contribution in [2.45, 2.75) is 437 Å². The van der Waals surface area contributed by atoms with Crippen LogP contribution in [0.15, 0.2) is 48.6 Å². The van der Waals surface area contributed by atoms with E-state index in [9.17, 15) is 19.4 Å². The van der Waals surface area contributed by atoms with Crippen molar-refractivity contribution in [3.8, 4) is 0 Å². The lowest BCUT2D eigenvalue weighted by molar-refractivity contribution is -0.870. The van der Waals surface area contributed by atoms with E-state index >= 15 is 0 Å². The number of aliphatic hydroxyl groups is 1. The third-order valence-corrected chi connectivity index (χ3v) is 20.0. The molecule has 3 N–H and O–H groups in total. The molecule has 0 spiro atoms.